The van der Waals surface area contributed by atoms with Crippen LogP contribution in [0.15, 0.2) is 78.9 Å². The van der Waals surface area contributed by atoms with Gasteiger partial charge in [-0.1, -0.05) is 60.7 Å². The number of benzene rings is 3. The highest BCUT2D eigenvalue weighted by Crippen LogP contribution is 2.43. The molecular weight excluding hydrogens is 378 g/mol. The second kappa shape index (κ2) is 8.41. The molecule has 0 aromatic heterocycles. The summed E-state index contributed by atoms with van der Waals surface area (Å²) in [6.45, 7) is 0.428. The van der Waals surface area contributed by atoms with E-state index in [0.29, 0.717) is 29.8 Å². The molecule has 1 aliphatic heterocycles. The highest BCUT2D eigenvalue weighted by atomic mass is 16.5. The van der Waals surface area contributed by atoms with Crippen molar-refractivity contribution in [3.8, 4) is 5.75 Å². The van der Waals surface area contributed by atoms with Crippen LogP contribution in [0, 0.1) is 0 Å². The van der Waals surface area contributed by atoms with E-state index >= 15 is 0 Å². The number of hydrogen-bond acceptors (Lipinski definition) is 3. The van der Waals surface area contributed by atoms with Crippen LogP contribution >= 0.6 is 0 Å². The third-order valence-corrected chi connectivity index (χ3v) is 5.65. The summed E-state index contributed by atoms with van der Waals surface area (Å²) in [5, 5.41) is 10.1. The van der Waals surface area contributed by atoms with Gasteiger partial charge in [-0.15, -0.1) is 0 Å². The quantitative estimate of drug-likeness (QED) is 0.669. The van der Waals surface area contributed by atoms with Gasteiger partial charge in [-0.2, -0.15) is 0 Å². The van der Waals surface area contributed by atoms with Gasteiger partial charge in [-0.25, -0.2) is 0 Å². The molecule has 5 nitrogen and oxygen atoms in total. The number of hydrogen-bond donors (Lipinski definition) is 1. The Morgan fingerprint density at radius 2 is 1.63 bits per heavy atom. The van der Waals surface area contributed by atoms with Gasteiger partial charge in [0.25, 0.3) is 5.91 Å². The summed E-state index contributed by atoms with van der Waals surface area (Å²) >= 11 is 0. The van der Waals surface area contributed by atoms with Gasteiger partial charge in [0, 0.05) is 12.1 Å². The summed E-state index contributed by atoms with van der Waals surface area (Å²) in [7, 11) is 1.58. The molecule has 3 aromatic carbocycles. The van der Waals surface area contributed by atoms with Crippen molar-refractivity contribution in [1.29, 1.82) is 0 Å². The maximum absolute atomic E-state index is 13.4. The van der Waals surface area contributed by atoms with E-state index in [1.165, 1.54) is 0 Å². The zero-order chi connectivity index (χ0) is 21.1. The molecule has 1 aliphatic rings. The molecule has 0 spiro atoms. The predicted octanol–water partition coefficient (Wildman–Crippen LogP) is 4.30. The van der Waals surface area contributed by atoms with Crippen LogP contribution in [0.2, 0.25) is 0 Å². The Morgan fingerprint density at radius 1 is 0.967 bits per heavy atom. The van der Waals surface area contributed by atoms with Crippen molar-refractivity contribution in [2.75, 3.05) is 13.7 Å². The molecule has 0 unspecified atom stereocenters. The van der Waals surface area contributed by atoms with Crippen molar-refractivity contribution < 1.29 is 19.4 Å². The van der Waals surface area contributed by atoms with Gasteiger partial charge >= 0.3 is 5.97 Å². The van der Waals surface area contributed by atoms with Crippen LogP contribution in [0.1, 0.15) is 39.0 Å². The van der Waals surface area contributed by atoms with Gasteiger partial charge in [0.15, 0.2) is 0 Å². The fourth-order valence-corrected chi connectivity index (χ4v) is 4.17. The number of fused-ring (bicyclic) bond motifs is 1. The van der Waals surface area contributed by atoms with Crippen LogP contribution in [-0.2, 0) is 11.2 Å². The summed E-state index contributed by atoms with van der Waals surface area (Å²) < 4.78 is 5.24. The summed E-state index contributed by atoms with van der Waals surface area (Å²) in [5.74, 6) is -1.24. The minimum absolute atomic E-state index is 0.139. The standard InChI is InChI=1S/C25H23NO4/c1-30-19-13-11-18(12-14-19)23-22(25(28)29)20-9-5-6-10-21(20)24(27)26(23)16-15-17-7-3-2-4-8-17/h2-14,22-23H,15-16H2,1H3,(H,28,29)/t22-,23-/m0/s1. The number of carboxylic acids is 1. The molecule has 0 radical (unpaired) electrons. The minimum Gasteiger partial charge on any atom is -0.497 e. The number of aliphatic carboxylic acids is 1. The van der Waals surface area contributed by atoms with E-state index < -0.39 is 17.9 Å². The Morgan fingerprint density at radius 3 is 2.30 bits per heavy atom. The Balaban J connectivity index is 1.78. The molecular formula is C25H23NO4. The largest absolute Gasteiger partial charge is 0.497 e. The van der Waals surface area contributed by atoms with Crippen molar-refractivity contribution in [2.45, 2.75) is 18.4 Å². The number of rotatable bonds is 6. The summed E-state index contributed by atoms with van der Waals surface area (Å²) in [6, 6.07) is 23.6. The highest BCUT2D eigenvalue weighted by molar-refractivity contribution is 6.00. The molecule has 1 heterocycles. The van der Waals surface area contributed by atoms with Gasteiger partial charge < -0.3 is 14.7 Å². The Bertz CT molecular complexity index is 1050. The van der Waals surface area contributed by atoms with Crippen LogP contribution < -0.4 is 4.74 Å². The second-order valence-electron chi connectivity index (χ2n) is 7.36. The average molecular weight is 401 g/mol. The number of ether oxygens (including phenoxy) is 1. The molecule has 1 N–H and O–H groups in total. The fourth-order valence-electron chi connectivity index (χ4n) is 4.17. The lowest BCUT2D eigenvalue weighted by atomic mass is 9.79. The van der Waals surface area contributed by atoms with Crippen LogP contribution in [0.5, 0.6) is 5.75 Å². The van der Waals surface area contributed by atoms with Gasteiger partial charge in [0.05, 0.1) is 13.2 Å². The zero-order valence-electron chi connectivity index (χ0n) is 16.7. The third-order valence-electron chi connectivity index (χ3n) is 5.65. The van der Waals surface area contributed by atoms with Crippen LogP contribution in [-0.4, -0.2) is 35.5 Å². The smallest absolute Gasteiger partial charge is 0.313 e. The molecule has 0 aliphatic carbocycles. The number of nitrogens with zero attached hydrogens (tertiary/aromatic N) is 1. The first-order chi connectivity index (χ1) is 14.6. The molecule has 3 aromatic rings. The fraction of sp³-hybridized carbons (Fsp3) is 0.200. The highest BCUT2D eigenvalue weighted by Gasteiger charge is 2.43. The molecule has 30 heavy (non-hydrogen) atoms. The van der Waals surface area contributed by atoms with Crippen molar-refractivity contribution in [3.63, 3.8) is 0 Å². The van der Waals surface area contributed by atoms with Crippen molar-refractivity contribution in [1.82, 2.24) is 4.90 Å². The summed E-state index contributed by atoms with van der Waals surface area (Å²) in [6.07, 6.45) is 0.647. The number of carbonyl (C=O) groups excluding carboxylic acids is 1. The second-order valence-corrected chi connectivity index (χ2v) is 7.36. The van der Waals surface area contributed by atoms with Gasteiger partial charge in [0.2, 0.25) is 0 Å². The third kappa shape index (κ3) is 3.66. The lowest BCUT2D eigenvalue weighted by molar-refractivity contribution is -0.140. The first-order valence-electron chi connectivity index (χ1n) is 9.90. The first-order valence-corrected chi connectivity index (χ1v) is 9.90. The predicted molar refractivity (Wildman–Crippen MR) is 114 cm³/mol. The van der Waals surface area contributed by atoms with Crippen LogP contribution in [0.25, 0.3) is 0 Å². The van der Waals surface area contributed by atoms with Gasteiger partial charge in [0.1, 0.15) is 11.7 Å². The summed E-state index contributed by atoms with van der Waals surface area (Å²) in [4.78, 5) is 27.5. The van der Waals surface area contributed by atoms with E-state index in [1.807, 2.05) is 42.5 Å². The maximum Gasteiger partial charge on any atom is 0.313 e. The molecule has 152 valence electrons. The van der Waals surface area contributed by atoms with Crippen LogP contribution in [0.4, 0.5) is 0 Å². The number of methoxy groups -OCH3 is 1. The topological polar surface area (TPSA) is 66.8 Å². The number of carboxylic acid groups (broad SMARTS) is 1. The molecule has 0 saturated carbocycles. The number of amides is 1. The Hall–Kier alpha value is -3.60. The van der Waals surface area contributed by atoms with Crippen molar-refractivity contribution in [2.24, 2.45) is 0 Å². The van der Waals surface area contributed by atoms with Crippen LogP contribution in [0.3, 0.4) is 0 Å². The van der Waals surface area contributed by atoms with Gasteiger partial charge in [-0.3, -0.25) is 9.59 Å². The molecule has 0 fully saturated rings. The lowest BCUT2D eigenvalue weighted by Crippen LogP contribution is -2.45. The molecule has 4 rings (SSSR count). The lowest BCUT2D eigenvalue weighted by Gasteiger charge is -2.41. The average Bonchev–Trinajstić information content (AvgIpc) is 2.79. The first kappa shape index (κ1) is 19.7. The summed E-state index contributed by atoms with van der Waals surface area (Å²) in [5.41, 5.74) is 2.90. The number of carbonyl (C=O) groups is 2. The molecule has 1 amide bonds. The van der Waals surface area contributed by atoms with E-state index in [2.05, 4.69) is 0 Å². The molecule has 2 atom stereocenters. The Kier molecular flexibility index (Phi) is 5.53. The monoisotopic (exact) mass is 401 g/mol. The molecule has 0 bridgehead atoms. The normalized spacial score (nSPS) is 18.0. The van der Waals surface area contributed by atoms with E-state index in [1.54, 1.807) is 48.4 Å². The van der Waals surface area contributed by atoms with Crippen molar-refractivity contribution in [3.05, 3.63) is 101 Å². The molecule has 5 heteroatoms. The maximum atomic E-state index is 13.4. The van der Waals surface area contributed by atoms with E-state index in [0.717, 1.165) is 11.1 Å². The minimum atomic E-state index is -0.944. The SMILES string of the molecule is COc1ccc([C@H]2[C@@H](C(=O)O)c3ccccc3C(=O)N2CCc2ccccc2)cc1. The zero-order valence-corrected chi connectivity index (χ0v) is 16.7. The molecule has 0 saturated heterocycles. The van der Waals surface area contributed by atoms with E-state index in [4.69, 9.17) is 4.74 Å². The van der Waals surface area contributed by atoms with E-state index in [-0.39, 0.29) is 5.91 Å². The van der Waals surface area contributed by atoms with Crippen molar-refractivity contribution >= 4 is 11.9 Å². The Labute approximate surface area is 175 Å². The van der Waals surface area contributed by atoms with Gasteiger partial charge in [-0.05, 0) is 41.3 Å². The van der Waals surface area contributed by atoms with E-state index in [9.17, 15) is 14.7 Å².